The van der Waals surface area contributed by atoms with E-state index in [1.807, 2.05) is 24.2 Å². The first-order valence-corrected chi connectivity index (χ1v) is 9.41. The highest BCUT2D eigenvalue weighted by Gasteiger charge is 2.26. The quantitative estimate of drug-likeness (QED) is 0.873. The van der Waals surface area contributed by atoms with Gasteiger partial charge in [0.1, 0.15) is 0 Å². The summed E-state index contributed by atoms with van der Waals surface area (Å²) in [5.41, 5.74) is 3.25. The second-order valence-electron chi connectivity index (χ2n) is 5.19. The number of thiophene rings is 1. The van der Waals surface area contributed by atoms with Gasteiger partial charge >= 0.3 is 0 Å². The van der Waals surface area contributed by atoms with Gasteiger partial charge in [0.25, 0.3) is 0 Å². The molecule has 0 saturated carbocycles. The first kappa shape index (κ1) is 14.3. The fraction of sp³-hybridized carbons (Fsp3) is 0.267. The summed E-state index contributed by atoms with van der Waals surface area (Å²) >= 11 is 1.69. The van der Waals surface area contributed by atoms with Gasteiger partial charge in [0.15, 0.2) is 9.84 Å². The molecule has 1 unspecified atom stereocenters. The molecule has 1 aliphatic heterocycles. The normalized spacial score (nSPS) is 18.9. The highest BCUT2D eigenvalue weighted by atomic mass is 32.2. The topological polar surface area (TPSA) is 49.7 Å². The molecule has 6 heteroatoms. The van der Waals surface area contributed by atoms with E-state index in [0.717, 1.165) is 17.7 Å². The Morgan fingerprint density at radius 2 is 1.95 bits per heavy atom. The van der Waals surface area contributed by atoms with Crippen LogP contribution in [0.2, 0.25) is 0 Å². The predicted octanol–water partition coefficient (Wildman–Crippen LogP) is 2.93. The average molecular weight is 320 g/mol. The van der Waals surface area contributed by atoms with Crippen molar-refractivity contribution in [2.45, 2.75) is 17.4 Å². The fourth-order valence-corrected chi connectivity index (χ4v) is 3.82. The largest absolute Gasteiger partial charge is 0.292 e. The van der Waals surface area contributed by atoms with Crippen molar-refractivity contribution < 1.29 is 8.42 Å². The second-order valence-corrected chi connectivity index (χ2v) is 7.99. The molecule has 110 valence electrons. The number of hydrazone groups is 1. The monoisotopic (exact) mass is 320 g/mol. The van der Waals surface area contributed by atoms with E-state index in [-0.39, 0.29) is 6.04 Å². The van der Waals surface area contributed by atoms with Crippen LogP contribution in [0.4, 0.5) is 0 Å². The van der Waals surface area contributed by atoms with Gasteiger partial charge in [-0.15, -0.1) is 0 Å². The molecule has 0 amide bonds. The molecule has 1 aromatic carbocycles. The second kappa shape index (κ2) is 5.27. The molecule has 1 aliphatic rings. The standard InChI is InChI=1S/C15H16N2O2S2/c1-17-15(12-7-8-20-10-12)9-14(16-17)11-3-5-13(6-4-11)21(2,18)19/h3-8,10,15H,9H2,1-2H3. The van der Waals surface area contributed by atoms with Crippen molar-refractivity contribution in [3.05, 3.63) is 52.2 Å². The number of rotatable bonds is 3. The van der Waals surface area contributed by atoms with Gasteiger partial charge in [-0.05, 0) is 40.1 Å². The minimum absolute atomic E-state index is 0.265. The first-order valence-electron chi connectivity index (χ1n) is 6.58. The Balaban J connectivity index is 1.84. The van der Waals surface area contributed by atoms with Crippen molar-refractivity contribution in [2.24, 2.45) is 5.10 Å². The lowest BCUT2D eigenvalue weighted by atomic mass is 10.0. The molecule has 0 saturated heterocycles. The van der Waals surface area contributed by atoms with Crippen LogP contribution in [-0.2, 0) is 9.84 Å². The molecule has 3 rings (SSSR count). The minimum atomic E-state index is -3.15. The Labute approximate surface area is 128 Å². The summed E-state index contributed by atoms with van der Waals surface area (Å²) in [6.45, 7) is 0. The molecule has 0 fully saturated rings. The van der Waals surface area contributed by atoms with Crippen molar-refractivity contribution in [1.82, 2.24) is 5.01 Å². The summed E-state index contributed by atoms with van der Waals surface area (Å²) in [6, 6.07) is 9.34. The van der Waals surface area contributed by atoms with Crippen LogP contribution in [0.1, 0.15) is 23.6 Å². The van der Waals surface area contributed by atoms with Crippen molar-refractivity contribution in [1.29, 1.82) is 0 Å². The highest BCUT2D eigenvalue weighted by molar-refractivity contribution is 7.90. The smallest absolute Gasteiger partial charge is 0.175 e. The molecule has 2 aromatic rings. The van der Waals surface area contributed by atoms with Crippen molar-refractivity contribution >= 4 is 26.9 Å². The Kier molecular flexibility index (Phi) is 3.59. The van der Waals surface area contributed by atoms with Gasteiger partial charge in [-0.2, -0.15) is 16.4 Å². The zero-order chi connectivity index (χ0) is 15.0. The van der Waals surface area contributed by atoms with Crippen molar-refractivity contribution in [3.8, 4) is 0 Å². The lowest BCUT2D eigenvalue weighted by Gasteiger charge is -2.17. The van der Waals surface area contributed by atoms with Gasteiger partial charge in [0.2, 0.25) is 0 Å². The van der Waals surface area contributed by atoms with Crippen molar-refractivity contribution in [3.63, 3.8) is 0 Å². The molecule has 4 nitrogen and oxygen atoms in total. The molecule has 0 spiro atoms. The number of sulfone groups is 1. The number of nitrogens with zero attached hydrogens (tertiary/aromatic N) is 2. The first-order chi connectivity index (χ1) is 9.95. The van der Waals surface area contributed by atoms with E-state index in [1.165, 1.54) is 11.8 Å². The van der Waals surface area contributed by atoms with Gasteiger partial charge in [-0.1, -0.05) is 12.1 Å². The lowest BCUT2D eigenvalue weighted by molar-refractivity contribution is 0.290. The van der Waals surface area contributed by atoms with E-state index in [9.17, 15) is 8.42 Å². The Hall–Kier alpha value is -1.66. The predicted molar refractivity (Wildman–Crippen MR) is 85.5 cm³/mol. The summed E-state index contributed by atoms with van der Waals surface area (Å²) in [5, 5.41) is 10.8. The maximum Gasteiger partial charge on any atom is 0.175 e. The van der Waals surface area contributed by atoms with Crippen LogP contribution < -0.4 is 0 Å². The van der Waals surface area contributed by atoms with Crippen LogP contribution in [0, 0.1) is 0 Å². The molecular formula is C15H16N2O2S2. The zero-order valence-electron chi connectivity index (χ0n) is 11.9. The zero-order valence-corrected chi connectivity index (χ0v) is 13.5. The molecule has 0 N–H and O–H groups in total. The van der Waals surface area contributed by atoms with Crippen LogP contribution in [-0.4, -0.2) is 32.4 Å². The molecule has 0 radical (unpaired) electrons. The fourth-order valence-electron chi connectivity index (χ4n) is 2.48. The number of hydrogen-bond acceptors (Lipinski definition) is 5. The van der Waals surface area contributed by atoms with E-state index in [2.05, 4.69) is 21.9 Å². The Morgan fingerprint density at radius 3 is 2.52 bits per heavy atom. The third-order valence-corrected chi connectivity index (χ3v) is 5.49. The Bertz CT molecular complexity index is 763. The van der Waals surface area contributed by atoms with Gasteiger partial charge in [0, 0.05) is 19.7 Å². The van der Waals surface area contributed by atoms with Gasteiger partial charge < -0.3 is 0 Å². The van der Waals surface area contributed by atoms with Crippen LogP contribution in [0.3, 0.4) is 0 Å². The van der Waals surface area contributed by atoms with Crippen LogP contribution in [0.5, 0.6) is 0 Å². The molecule has 2 heterocycles. The summed E-state index contributed by atoms with van der Waals surface area (Å²) < 4.78 is 23.0. The average Bonchev–Trinajstić information content (AvgIpc) is 3.07. The van der Waals surface area contributed by atoms with Crippen LogP contribution in [0.15, 0.2) is 51.1 Å². The third-order valence-electron chi connectivity index (χ3n) is 3.66. The van der Waals surface area contributed by atoms with Gasteiger partial charge in [-0.25, -0.2) is 8.42 Å². The van der Waals surface area contributed by atoms with Crippen molar-refractivity contribution in [2.75, 3.05) is 13.3 Å². The lowest BCUT2D eigenvalue weighted by Crippen LogP contribution is -2.12. The Morgan fingerprint density at radius 1 is 1.24 bits per heavy atom. The SMILES string of the molecule is CN1N=C(c2ccc(S(C)(=O)=O)cc2)CC1c1ccsc1. The minimum Gasteiger partial charge on any atom is -0.292 e. The van der Waals surface area contributed by atoms with Gasteiger partial charge in [0.05, 0.1) is 16.6 Å². The highest BCUT2D eigenvalue weighted by Crippen LogP contribution is 2.32. The summed E-state index contributed by atoms with van der Waals surface area (Å²) in [5.74, 6) is 0. The van der Waals surface area contributed by atoms with Gasteiger partial charge in [-0.3, -0.25) is 5.01 Å². The maximum atomic E-state index is 11.5. The molecule has 0 bridgehead atoms. The molecular weight excluding hydrogens is 304 g/mol. The van der Waals surface area contributed by atoms with Crippen LogP contribution >= 0.6 is 11.3 Å². The molecule has 21 heavy (non-hydrogen) atoms. The van der Waals surface area contributed by atoms with E-state index in [0.29, 0.717) is 4.90 Å². The van der Waals surface area contributed by atoms with E-state index < -0.39 is 9.84 Å². The molecule has 1 atom stereocenters. The summed E-state index contributed by atoms with van der Waals surface area (Å²) in [7, 11) is -1.18. The molecule has 0 aliphatic carbocycles. The number of benzene rings is 1. The maximum absolute atomic E-state index is 11.5. The summed E-state index contributed by atoms with van der Waals surface area (Å²) in [4.78, 5) is 0.340. The number of hydrogen-bond donors (Lipinski definition) is 0. The summed E-state index contributed by atoms with van der Waals surface area (Å²) in [6.07, 6.45) is 2.06. The molecule has 1 aromatic heterocycles. The van der Waals surface area contributed by atoms with Crippen LogP contribution in [0.25, 0.3) is 0 Å². The van der Waals surface area contributed by atoms with E-state index >= 15 is 0 Å². The van der Waals surface area contributed by atoms with E-state index in [1.54, 1.807) is 23.5 Å². The van der Waals surface area contributed by atoms with E-state index in [4.69, 9.17) is 0 Å². The third kappa shape index (κ3) is 2.87.